The van der Waals surface area contributed by atoms with Gasteiger partial charge >= 0.3 is 0 Å². The fourth-order valence-electron chi connectivity index (χ4n) is 3.95. The van der Waals surface area contributed by atoms with Crippen LogP contribution in [-0.2, 0) is 6.42 Å². The van der Waals surface area contributed by atoms with Crippen LogP contribution in [0.25, 0.3) is 11.3 Å². The summed E-state index contributed by atoms with van der Waals surface area (Å²) in [7, 11) is 0. The largest absolute Gasteiger partial charge is 0.443 e. The Bertz CT molecular complexity index is 1240. The Morgan fingerprint density at radius 2 is 1.94 bits per heavy atom. The number of rotatable bonds is 5. The average molecular weight is 446 g/mol. The minimum atomic E-state index is -0.215. The molecule has 8 heteroatoms. The lowest BCUT2D eigenvalue weighted by molar-refractivity contribution is 0.0708. The molecule has 1 atom stereocenters. The molecule has 32 heavy (non-hydrogen) atoms. The van der Waals surface area contributed by atoms with Crippen molar-refractivity contribution in [3.63, 3.8) is 0 Å². The third-order valence-corrected chi connectivity index (χ3v) is 5.89. The summed E-state index contributed by atoms with van der Waals surface area (Å²) in [6, 6.07) is 12.8. The molecular formula is C24H20ClN5O2. The van der Waals surface area contributed by atoms with Crippen LogP contribution in [0, 0.1) is 0 Å². The number of nitrogens with zero attached hydrogens (tertiary/aromatic N) is 5. The van der Waals surface area contributed by atoms with Crippen molar-refractivity contribution in [2.24, 2.45) is 0 Å². The molecule has 160 valence electrons. The maximum atomic E-state index is 13.3. The van der Waals surface area contributed by atoms with E-state index in [1.807, 2.05) is 36.4 Å². The van der Waals surface area contributed by atoms with Crippen molar-refractivity contribution in [1.29, 1.82) is 0 Å². The number of carbonyl (C=O) groups is 1. The maximum Gasteiger partial charge on any atom is 0.273 e. The van der Waals surface area contributed by atoms with Crippen LogP contribution in [0.5, 0.6) is 0 Å². The maximum absolute atomic E-state index is 13.3. The summed E-state index contributed by atoms with van der Waals surface area (Å²) in [5.41, 5.74) is 2.77. The summed E-state index contributed by atoms with van der Waals surface area (Å²) >= 11 is 6.27. The van der Waals surface area contributed by atoms with Gasteiger partial charge in [0.1, 0.15) is 23.8 Å². The molecule has 0 N–H and O–H groups in total. The summed E-state index contributed by atoms with van der Waals surface area (Å²) in [5, 5.41) is 0.692. The van der Waals surface area contributed by atoms with Gasteiger partial charge in [0, 0.05) is 35.9 Å². The summed E-state index contributed by atoms with van der Waals surface area (Å²) in [4.78, 5) is 32.2. The number of pyridine rings is 1. The number of benzene rings is 1. The topological polar surface area (TPSA) is 85.0 Å². The molecule has 1 unspecified atom stereocenters. The summed E-state index contributed by atoms with van der Waals surface area (Å²) in [6.07, 6.45) is 8.76. The minimum Gasteiger partial charge on any atom is -0.443 e. The third kappa shape index (κ3) is 4.11. The van der Waals surface area contributed by atoms with E-state index in [-0.39, 0.29) is 11.9 Å². The second-order valence-electron chi connectivity index (χ2n) is 7.62. The van der Waals surface area contributed by atoms with Gasteiger partial charge in [-0.1, -0.05) is 35.9 Å². The zero-order chi connectivity index (χ0) is 21.9. The molecule has 7 nitrogen and oxygen atoms in total. The number of likely N-dealkylation sites (tertiary alicyclic amines) is 1. The molecule has 1 saturated heterocycles. The highest BCUT2D eigenvalue weighted by atomic mass is 35.5. The lowest BCUT2D eigenvalue weighted by Gasteiger charge is -2.22. The fourth-order valence-corrected chi connectivity index (χ4v) is 4.15. The highest BCUT2D eigenvalue weighted by Crippen LogP contribution is 2.33. The Kier molecular flexibility index (Phi) is 5.64. The van der Waals surface area contributed by atoms with Gasteiger partial charge in [0.05, 0.1) is 11.9 Å². The number of amides is 1. The van der Waals surface area contributed by atoms with Crippen LogP contribution in [0.15, 0.2) is 71.8 Å². The van der Waals surface area contributed by atoms with E-state index in [1.54, 1.807) is 29.6 Å². The van der Waals surface area contributed by atoms with Gasteiger partial charge in [0.2, 0.25) is 5.89 Å². The normalized spacial score (nSPS) is 15.8. The number of oxazole rings is 1. The van der Waals surface area contributed by atoms with Crippen molar-refractivity contribution in [3.8, 4) is 11.3 Å². The van der Waals surface area contributed by atoms with E-state index in [0.29, 0.717) is 35.3 Å². The molecular weight excluding hydrogens is 426 g/mol. The van der Waals surface area contributed by atoms with Crippen LogP contribution >= 0.6 is 11.6 Å². The molecule has 1 aromatic carbocycles. The molecule has 0 saturated carbocycles. The minimum absolute atomic E-state index is 0.142. The van der Waals surface area contributed by atoms with E-state index in [9.17, 15) is 4.79 Å². The van der Waals surface area contributed by atoms with E-state index in [2.05, 4.69) is 19.9 Å². The van der Waals surface area contributed by atoms with Gasteiger partial charge in [-0.3, -0.25) is 4.79 Å². The lowest BCUT2D eigenvalue weighted by atomic mass is 10.1. The molecule has 3 aromatic heterocycles. The van der Waals surface area contributed by atoms with Crippen LogP contribution in [0.1, 0.15) is 46.6 Å². The van der Waals surface area contributed by atoms with E-state index >= 15 is 0 Å². The van der Waals surface area contributed by atoms with E-state index < -0.39 is 0 Å². The first-order valence-electron chi connectivity index (χ1n) is 10.4. The number of hydrogen-bond acceptors (Lipinski definition) is 6. The van der Waals surface area contributed by atoms with Crippen molar-refractivity contribution in [3.05, 3.63) is 95.3 Å². The Morgan fingerprint density at radius 3 is 2.78 bits per heavy atom. The van der Waals surface area contributed by atoms with Crippen LogP contribution in [0.3, 0.4) is 0 Å². The van der Waals surface area contributed by atoms with E-state index in [4.69, 9.17) is 16.0 Å². The first-order valence-corrected chi connectivity index (χ1v) is 10.8. The smallest absolute Gasteiger partial charge is 0.273 e. The van der Waals surface area contributed by atoms with Crippen molar-refractivity contribution >= 4 is 17.5 Å². The summed E-state index contributed by atoms with van der Waals surface area (Å²) in [5.74, 6) is 1.12. The molecule has 5 rings (SSSR count). The monoisotopic (exact) mass is 445 g/mol. The Hall–Kier alpha value is -3.58. The van der Waals surface area contributed by atoms with Crippen molar-refractivity contribution in [1.82, 2.24) is 24.8 Å². The summed E-state index contributed by atoms with van der Waals surface area (Å²) in [6.45, 7) is 0.631. The highest BCUT2D eigenvalue weighted by Gasteiger charge is 2.34. The molecule has 0 bridgehead atoms. The molecule has 1 aliphatic rings. The van der Waals surface area contributed by atoms with E-state index in [0.717, 1.165) is 29.7 Å². The first-order chi connectivity index (χ1) is 15.7. The lowest BCUT2D eigenvalue weighted by Crippen LogP contribution is -2.31. The fraction of sp³-hybridized carbons (Fsp3) is 0.208. The van der Waals surface area contributed by atoms with Crippen LogP contribution < -0.4 is 0 Å². The average Bonchev–Trinajstić information content (AvgIpc) is 3.50. The third-order valence-electron chi connectivity index (χ3n) is 5.52. The zero-order valence-electron chi connectivity index (χ0n) is 17.2. The van der Waals surface area contributed by atoms with Crippen molar-refractivity contribution < 1.29 is 9.21 Å². The summed E-state index contributed by atoms with van der Waals surface area (Å²) < 4.78 is 6.04. The Balaban J connectivity index is 1.36. The van der Waals surface area contributed by atoms with Gasteiger partial charge in [-0.05, 0) is 36.6 Å². The molecule has 1 amide bonds. The highest BCUT2D eigenvalue weighted by molar-refractivity contribution is 6.31. The van der Waals surface area contributed by atoms with E-state index in [1.165, 1.54) is 6.33 Å². The van der Waals surface area contributed by atoms with Crippen LogP contribution in [-0.4, -0.2) is 37.3 Å². The number of hydrogen-bond donors (Lipinski definition) is 0. The first kappa shape index (κ1) is 20.3. The Labute approximate surface area is 190 Å². The molecule has 0 spiro atoms. The predicted octanol–water partition coefficient (Wildman–Crippen LogP) is 4.75. The Morgan fingerprint density at radius 1 is 1.09 bits per heavy atom. The van der Waals surface area contributed by atoms with Crippen molar-refractivity contribution in [2.45, 2.75) is 25.3 Å². The van der Waals surface area contributed by atoms with Gasteiger partial charge in [-0.2, -0.15) is 0 Å². The predicted molar refractivity (Wildman–Crippen MR) is 119 cm³/mol. The standard InChI is InChI=1S/C24H20ClN5O2/c25-19-6-2-1-5-16(19)11-18-14-28-23(32-18)22-9-4-10-30(22)24(31)21-8-3-7-20(29-21)17-12-26-15-27-13-17/h1-3,5-8,12-15,22H,4,9-11H2. The molecule has 0 aliphatic carbocycles. The number of halogens is 1. The quantitative estimate of drug-likeness (QED) is 0.440. The second-order valence-corrected chi connectivity index (χ2v) is 8.03. The molecule has 4 heterocycles. The van der Waals surface area contributed by atoms with Gasteiger partial charge in [-0.15, -0.1) is 0 Å². The number of aromatic nitrogens is 4. The van der Waals surface area contributed by atoms with Crippen LogP contribution in [0.4, 0.5) is 0 Å². The van der Waals surface area contributed by atoms with Gasteiger partial charge in [0.15, 0.2) is 0 Å². The van der Waals surface area contributed by atoms with Gasteiger partial charge in [-0.25, -0.2) is 19.9 Å². The number of carbonyl (C=O) groups excluding carboxylic acids is 1. The van der Waals surface area contributed by atoms with Gasteiger partial charge in [0.25, 0.3) is 5.91 Å². The van der Waals surface area contributed by atoms with Crippen LogP contribution in [0.2, 0.25) is 5.02 Å². The van der Waals surface area contributed by atoms with Crippen molar-refractivity contribution in [2.75, 3.05) is 6.54 Å². The molecule has 1 aliphatic heterocycles. The molecule has 1 fully saturated rings. The SMILES string of the molecule is O=C(c1cccc(-c2cncnc2)n1)N1CCCC1c1ncc(Cc2ccccc2Cl)o1. The van der Waals surface area contributed by atoms with Gasteiger partial charge < -0.3 is 9.32 Å². The molecule has 0 radical (unpaired) electrons. The molecule has 4 aromatic rings. The zero-order valence-corrected chi connectivity index (χ0v) is 17.9. The second kappa shape index (κ2) is 8.88.